The minimum absolute atomic E-state index is 0.00982. The van der Waals surface area contributed by atoms with E-state index in [9.17, 15) is 32.3 Å². The van der Waals surface area contributed by atoms with E-state index in [1.54, 1.807) is 18.2 Å². The second-order valence-corrected chi connectivity index (χ2v) is 6.22. The highest BCUT2D eigenvalue weighted by Gasteiger charge is 2.42. The Kier molecular flexibility index (Phi) is 5.58. The Morgan fingerprint density at radius 2 is 1.76 bits per heavy atom. The van der Waals surface area contributed by atoms with Gasteiger partial charge in [0.15, 0.2) is 6.61 Å². The Bertz CT molecular complexity index is 1090. The Balaban J connectivity index is 1.75. The number of rotatable bonds is 6. The van der Waals surface area contributed by atoms with Crippen molar-refractivity contribution in [1.82, 2.24) is 0 Å². The first-order valence-corrected chi connectivity index (χ1v) is 8.35. The predicted molar refractivity (Wildman–Crippen MR) is 94.6 cm³/mol. The van der Waals surface area contributed by atoms with Crippen molar-refractivity contribution in [2.75, 3.05) is 6.61 Å². The lowest BCUT2D eigenvalue weighted by atomic mass is 10.0. The molecule has 0 aliphatic carbocycles. The second kappa shape index (κ2) is 7.94. The van der Waals surface area contributed by atoms with E-state index >= 15 is 0 Å². The van der Waals surface area contributed by atoms with Crippen LogP contribution in [0, 0.1) is 0 Å². The summed E-state index contributed by atoms with van der Waals surface area (Å²) in [6, 6.07) is 11.7. The summed E-state index contributed by atoms with van der Waals surface area (Å²) in [4.78, 5) is 23.9. The van der Waals surface area contributed by atoms with Gasteiger partial charge < -0.3 is 14.3 Å². The number of carbonyl (C=O) groups excluding carboxylic acids is 1. The maximum absolute atomic E-state index is 12.8. The fourth-order valence-electron chi connectivity index (χ4n) is 2.60. The molecule has 1 N–H and O–H groups in total. The average molecular weight is 410 g/mol. The topological polar surface area (TPSA) is 76.7 Å². The van der Waals surface area contributed by atoms with Gasteiger partial charge in [-0.2, -0.15) is 8.78 Å². The molecule has 0 aliphatic heterocycles. The van der Waals surface area contributed by atoms with Crippen molar-refractivity contribution < 1.29 is 36.6 Å². The van der Waals surface area contributed by atoms with E-state index in [-0.39, 0.29) is 28.9 Å². The molecule has 0 fully saturated rings. The number of halogens is 4. The molecule has 0 spiro atoms. The van der Waals surface area contributed by atoms with Crippen molar-refractivity contribution in [3.8, 4) is 5.75 Å². The maximum Gasteiger partial charge on any atom is 0.343 e. The SMILES string of the molecule is O=C(OCC(F)(F)C(F)F)c1ccc(Cc2c(O)c3ccccc3oc2=O)cc1. The van der Waals surface area contributed by atoms with E-state index in [1.165, 1.54) is 30.3 Å². The van der Waals surface area contributed by atoms with Gasteiger partial charge in [0.1, 0.15) is 11.3 Å². The highest BCUT2D eigenvalue weighted by Crippen LogP contribution is 2.28. The van der Waals surface area contributed by atoms with Crippen LogP contribution in [-0.4, -0.2) is 30.0 Å². The lowest BCUT2D eigenvalue weighted by molar-refractivity contribution is -0.155. The molecule has 0 bridgehead atoms. The second-order valence-electron chi connectivity index (χ2n) is 6.22. The quantitative estimate of drug-likeness (QED) is 0.375. The number of carbonyl (C=O) groups is 1. The van der Waals surface area contributed by atoms with Crippen LogP contribution in [-0.2, 0) is 11.2 Å². The van der Waals surface area contributed by atoms with Gasteiger partial charge in [-0.1, -0.05) is 24.3 Å². The summed E-state index contributed by atoms with van der Waals surface area (Å²) in [6.07, 6.45) is -3.96. The van der Waals surface area contributed by atoms with Crippen LogP contribution in [0.15, 0.2) is 57.7 Å². The van der Waals surface area contributed by atoms with Crippen molar-refractivity contribution in [2.24, 2.45) is 0 Å². The summed E-state index contributed by atoms with van der Waals surface area (Å²) >= 11 is 0. The molecule has 0 atom stereocenters. The summed E-state index contributed by atoms with van der Waals surface area (Å²) in [5, 5.41) is 10.7. The third-order valence-electron chi connectivity index (χ3n) is 4.16. The van der Waals surface area contributed by atoms with Gasteiger partial charge in [-0.3, -0.25) is 0 Å². The first-order chi connectivity index (χ1) is 13.7. The summed E-state index contributed by atoms with van der Waals surface area (Å²) in [5.74, 6) is -5.85. The molecule has 2 aromatic carbocycles. The first kappa shape index (κ1) is 20.4. The monoisotopic (exact) mass is 410 g/mol. The summed E-state index contributed by atoms with van der Waals surface area (Å²) < 4.78 is 59.2. The number of ether oxygens (including phenoxy) is 1. The molecule has 0 unspecified atom stereocenters. The molecule has 0 saturated carbocycles. The lowest BCUT2D eigenvalue weighted by Crippen LogP contribution is -2.33. The van der Waals surface area contributed by atoms with Crippen molar-refractivity contribution in [2.45, 2.75) is 18.8 Å². The molecule has 1 heterocycles. The van der Waals surface area contributed by atoms with Gasteiger partial charge in [0.25, 0.3) is 0 Å². The lowest BCUT2D eigenvalue weighted by Gasteiger charge is -2.15. The largest absolute Gasteiger partial charge is 0.507 e. The fourth-order valence-corrected chi connectivity index (χ4v) is 2.60. The van der Waals surface area contributed by atoms with Gasteiger partial charge in [-0.25, -0.2) is 18.4 Å². The van der Waals surface area contributed by atoms with Crippen molar-refractivity contribution >= 4 is 16.9 Å². The molecular weight excluding hydrogens is 396 g/mol. The highest BCUT2D eigenvalue weighted by atomic mass is 19.3. The van der Waals surface area contributed by atoms with Crippen molar-refractivity contribution in [3.05, 3.63) is 75.6 Å². The molecule has 1 aromatic heterocycles. The summed E-state index contributed by atoms with van der Waals surface area (Å²) in [7, 11) is 0. The van der Waals surface area contributed by atoms with E-state index < -0.39 is 30.5 Å². The predicted octanol–water partition coefficient (Wildman–Crippen LogP) is 4.15. The summed E-state index contributed by atoms with van der Waals surface area (Å²) in [5.41, 5.74) is -0.0992. The molecule has 0 amide bonds. The number of hydrogen-bond acceptors (Lipinski definition) is 5. The van der Waals surface area contributed by atoms with E-state index in [0.29, 0.717) is 10.9 Å². The average Bonchev–Trinajstić information content (AvgIpc) is 2.69. The zero-order valence-electron chi connectivity index (χ0n) is 14.7. The maximum atomic E-state index is 12.8. The number of alkyl halides is 4. The van der Waals surface area contributed by atoms with Crippen LogP contribution in [0.3, 0.4) is 0 Å². The van der Waals surface area contributed by atoms with Gasteiger partial charge in [0.2, 0.25) is 0 Å². The summed E-state index contributed by atoms with van der Waals surface area (Å²) in [6.45, 7) is -1.74. The van der Waals surface area contributed by atoms with Crippen molar-refractivity contribution in [3.63, 3.8) is 0 Å². The zero-order valence-corrected chi connectivity index (χ0v) is 14.7. The number of hydrogen-bond donors (Lipinski definition) is 1. The van der Waals surface area contributed by atoms with Gasteiger partial charge in [-0.05, 0) is 29.8 Å². The van der Waals surface area contributed by atoms with Crippen LogP contribution < -0.4 is 5.63 Å². The minimum Gasteiger partial charge on any atom is -0.507 e. The third kappa shape index (κ3) is 4.39. The van der Waals surface area contributed by atoms with Crippen LogP contribution in [0.25, 0.3) is 11.0 Å². The molecule has 0 saturated heterocycles. The van der Waals surface area contributed by atoms with Crippen LogP contribution in [0.5, 0.6) is 5.75 Å². The van der Waals surface area contributed by atoms with Crippen LogP contribution in [0.2, 0.25) is 0 Å². The molecule has 5 nitrogen and oxygen atoms in total. The minimum atomic E-state index is -4.43. The number of esters is 1. The molecule has 152 valence electrons. The Morgan fingerprint density at radius 1 is 1.10 bits per heavy atom. The van der Waals surface area contributed by atoms with E-state index in [1.807, 2.05) is 0 Å². The number of para-hydroxylation sites is 1. The third-order valence-corrected chi connectivity index (χ3v) is 4.16. The smallest absolute Gasteiger partial charge is 0.343 e. The van der Waals surface area contributed by atoms with Gasteiger partial charge in [0, 0.05) is 6.42 Å². The molecule has 3 aromatic rings. The number of fused-ring (bicyclic) bond motifs is 1. The first-order valence-electron chi connectivity index (χ1n) is 8.35. The zero-order chi connectivity index (χ0) is 21.2. The van der Waals surface area contributed by atoms with Crippen LogP contribution in [0.4, 0.5) is 17.6 Å². The number of benzene rings is 2. The van der Waals surface area contributed by atoms with E-state index in [4.69, 9.17) is 4.42 Å². The van der Waals surface area contributed by atoms with Gasteiger partial charge in [0.05, 0.1) is 16.5 Å². The molecule has 3 rings (SSSR count). The Labute approximate surface area is 161 Å². The molecule has 9 heteroatoms. The molecular formula is C20H14F4O5. The normalized spacial score (nSPS) is 11.8. The Hall–Kier alpha value is -3.36. The van der Waals surface area contributed by atoms with Crippen LogP contribution in [0.1, 0.15) is 21.5 Å². The van der Waals surface area contributed by atoms with Gasteiger partial charge in [-0.15, -0.1) is 0 Å². The molecule has 29 heavy (non-hydrogen) atoms. The number of aromatic hydroxyl groups is 1. The highest BCUT2D eigenvalue weighted by molar-refractivity contribution is 5.89. The van der Waals surface area contributed by atoms with Crippen LogP contribution >= 0.6 is 0 Å². The van der Waals surface area contributed by atoms with E-state index in [2.05, 4.69) is 4.74 Å². The van der Waals surface area contributed by atoms with Crippen molar-refractivity contribution in [1.29, 1.82) is 0 Å². The standard InChI is InChI=1S/C20H14F4O5/c21-19(22)20(23,24)10-28-17(26)12-7-5-11(6-8-12)9-14-16(25)13-3-1-2-4-15(13)29-18(14)27/h1-8,19,25H,9-10H2. The molecule has 0 aliphatic rings. The Morgan fingerprint density at radius 3 is 2.41 bits per heavy atom. The molecule has 0 radical (unpaired) electrons. The van der Waals surface area contributed by atoms with E-state index in [0.717, 1.165) is 0 Å². The van der Waals surface area contributed by atoms with Gasteiger partial charge >= 0.3 is 23.9 Å². The fraction of sp³-hybridized carbons (Fsp3) is 0.200.